The molecule has 9 rings (SSSR count). The number of para-hydroxylation sites is 2. The molecule has 0 unspecified atom stereocenters. The average Bonchev–Trinajstić information content (AvgIpc) is 3.64. The molecule has 1 N–H and O–H groups in total. The van der Waals surface area contributed by atoms with Gasteiger partial charge >= 0.3 is 7.48 Å². The molecule has 1 radical (unpaired) electrons. The lowest BCUT2D eigenvalue weighted by Crippen LogP contribution is -2.12. The minimum Gasteiger partial charge on any atom is -0.450 e. The van der Waals surface area contributed by atoms with E-state index in [9.17, 15) is 5.02 Å². The van der Waals surface area contributed by atoms with Crippen molar-refractivity contribution >= 4 is 56.6 Å². The van der Waals surface area contributed by atoms with Gasteiger partial charge in [0.05, 0.1) is 22.1 Å². The van der Waals surface area contributed by atoms with Gasteiger partial charge in [-0.15, -0.1) is 0 Å². The molecule has 0 amide bonds. The van der Waals surface area contributed by atoms with Gasteiger partial charge in [0, 0.05) is 32.9 Å². The first-order valence-electron chi connectivity index (χ1n) is 15.6. The molecule has 9 aromatic rings. The predicted octanol–water partition coefficient (Wildman–Crippen LogP) is 9.45. The highest BCUT2D eigenvalue weighted by Gasteiger charge is 2.16. The predicted molar refractivity (Wildman–Crippen MR) is 194 cm³/mol. The summed E-state index contributed by atoms with van der Waals surface area (Å²) >= 11 is 0. The molecule has 2 aromatic heterocycles. The van der Waals surface area contributed by atoms with Crippen LogP contribution in [0, 0.1) is 0 Å². The van der Waals surface area contributed by atoms with Crippen molar-refractivity contribution in [3.63, 3.8) is 0 Å². The van der Waals surface area contributed by atoms with E-state index in [2.05, 4.69) is 161 Å². The molecule has 7 aromatic carbocycles. The number of rotatable bonds is 5. The summed E-state index contributed by atoms with van der Waals surface area (Å²) in [7, 11) is 1.14. The van der Waals surface area contributed by atoms with Crippen molar-refractivity contribution in [3.05, 3.63) is 164 Å². The van der Waals surface area contributed by atoms with Gasteiger partial charge in [-0.2, -0.15) is 0 Å². The second-order valence-corrected chi connectivity index (χ2v) is 11.8. The Morgan fingerprint density at radius 1 is 0.348 bits per heavy atom. The fraction of sp³-hybridized carbons (Fsp3) is 0. The van der Waals surface area contributed by atoms with E-state index in [4.69, 9.17) is 0 Å². The van der Waals surface area contributed by atoms with Crippen LogP contribution in [0.2, 0.25) is 0 Å². The quantitative estimate of drug-likeness (QED) is 0.200. The molecular weight excluding hydrogens is 559 g/mol. The molecule has 0 saturated heterocycles. The third kappa shape index (κ3) is 4.19. The Hall–Kier alpha value is -5.84. The molecule has 4 heteroatoms. The molecule has 3 nitrogen and oxygen atoms in total. The highest BCUT2D eigenvalue weighted by Crippen LogP contribution is 2.39. The fourth-order valence-corrected chi connectivity index (χ4v) is 7.01. The Morgan fingerprint density at radius 3 is 1.35 bits per heavy atom. The molecule has 0 aliphatic rings. The Labute approximate surface area is 267 Å². The Bertz CT molecular complexity index is 2550. The van der Waals surface area contributed by atoms with Gasteiger partial charge in [-0.1, -0.05) is 103 Å². The summed E-state index contributed by atoms with van der Waals surface area (Å²) in [5, 5.41) is 14.4. The molecular formula is C42H28BN2O. The van der Waals surface area contributed by atoms with E-state index in [1.807, 2.05) is 12.1 Å². The van der Waals surface area contributed by atoms with Crippen LogP contribution in [-0.2, 0) is 0 Å². The van der Waals surface area contributed by atoms with Gasteiger partial charge in [0.2, 0.25) is 0 Å². The number of hydrogen-bond donors (Lipinski definition) is 1. The molecule has 0 atom stereocenters. The van der Waals surface area contributed by atoms with Gasteiger partial charge < -0.3 is 14.2 Å². The molecule has 0 fully saturated rings. The van der Waals surface area contributed by atoms with Crippen LogP contribution in [0.25, 0.3) is 77.2 Å². The first-order chi connectivity index (χ1) is 22.8. The van der Waals surface area contributed by atoms with E-state index in [0.717, 1.165) is 35.4 Å². The first kappa shape index (κ1) is 26.6. The second kappa shape index (κ2) is 10.7. The smallest absolute Gasteiger partial charge is 0.326 e. The summed E-state index contributed by atoms with van der Waals surface area (Å²) in [5.41, 5.74) is 12.5. The minimum absolute atomic E-state index is 0.784. The lowest BCUT2D eigenvalue weighted by molar-refractivity contribution is 0.615. The lowest BCUT2D eigenvalue weighted by Gasteiger charge is -2.10. The largest absolute Gasteiger partial charge is 0.450 e. The van der Waals surface area contributed by atoms with Crippen LogP contribution in [0.1, 0.15) is 0 Å². The molecule has 2 heterocycles. The number of hydrogen-bond acceptors (Lipinski definition) is 1. The van der Waals surface area contributed by atoms with Crippen LogP contribution < -0.4 is 5.46 Å². The first-order valence-corrected chi connectivity index (χ1v) is 15.6. The van der Waals surface area contributed by atoms with Crippen LogP contribution in [0.5, 0.6) is 0 Å². The van der Waals surface area contributed by atoms with Crippen molar-refractivity contribution in [2.45, 2.75) is 0 Å². The molecule has 0 saturated carbocycles. The molecule has 46 heavy (non-hydrogen) atoms. The maximum Gasteiger partial charge on any atom is 0.326 e. The summed E-state index contributed by atoms with van der Waals surface area (Å²) in [6, 6.07) is 58.3. The average molecular weight is 588 g/mol. The zero-order valence-corrected chi connectivity index (χ0v) is 25.0. The van der Waals surface area contributed by atoms with Crippen molar-refractivity contribution in [2.24, 2.45) is 0 Å². The highest BCUT2D eigenvalue weighted by atomic mass is 16.2. The van der Waals surface area contributed by atoms with Crippen molar-refractivity contribution in [2.75, 3.05) is 0 Å². The summed E-state index contributed by atoms with van der Waals surface area (Å²) in [6.45, 7) is 0. The maximum atomic E-state index is 9.46. The van der Waals surface area contributed by atoms with Gasteiger partial charge in [-0.05, 0) is 89.0 Å². The number of benzene rings is 7. The molecule has 215 valence electrons. The Balaban J connectivity index is 1.26. The van der Waals surface area contributed by atoms with Crippen LogP contribution in [0.15, 0.2) is 164 Å². The van der Waals surface area contributed by atoms with Gasteiger partial charge in [-0.25, -0.2) is 0 Å². The Kier molecular flexibility index (Phi) is 6.15. The summed E-state index contributed by atoms with van der Waals surface area (Å²) in [5.74, 6) is 0. The van der Waals surface area contributed by atoms with E-state index in [0.29, 0.717) is 0 Å². The maximum absolute atomic E-state index is 9.46. The van der Waals surface area contributed by atoms with Gasteiger partial charge in [0.15, 0.2) is 0 Å². The standard InChI is InChI=1S/C42H28BN2O/c46-43-32-18-20-34(21-19-32)45-39-14-8-7-13-35(39)36-26-30(16-23-40(36)45)31-17-24-42-38(27-31)37-25-29(28-9-3-1-4-10-28)15-22-41(37)44(42)33-11-5-2-6-12-33/h1-27,46H. The topological polar surface area (TPSA) is 30.1 Å². The van der Waals surface area contributed by atoms with E-state index >= 15 is 0 Å². The van der Waals surface area contributed by atoms with Crippen molar-refractivity contribution in [1.29, 1.82) is 0 Å². The SMILES string of the molecule is O[B]c1ccc(-n2c3ccccc3c3cc(-c4ccc5c(c4)c4cc(-c6ccccc6)ccc4n5-c4ccccc4)ccc32)cc1. The van der Waals surface area contributed by atoms with Gasteiger partial charge in [-0.3, -0.25) is 0 Å². The van der Waals surface area contributed by atoms with Crippen molar-refractivity contribution < 1.29 is 5.02 Å². The molecule has 0 aliphatic heterocycles. The van der Waals surface area contributed by atoms with Crippen LogP contribution >= 0.6 is 0 Å². The zero-order valence-electron chi connectivity index (χ0n) is 25.0. The van der Waals surface area contributed by atoms with Crippen LogP contribution in [-0.4, -0.2) is 21.6 Å². The number of aromatic nitrogens is 2. The van der Waals surface area contributed by atoms with E-state index < -0.39 is 0 Å². The molecule has 0 bridgehead atoms. The van der Waals surface area contributed by atoms with E-state index in [-0.39, 0.29) is 0 Å². The Morgan fingerprint density at radius 2 is 0.783 bits per heavy atom. The summed E-state index contributed by atoms with van der Waals surface area (Å²) in [6.07, 6.45) is 0. The molecule has 0 aliphatic carbocycles. The van der Waals surface area contributed by atoms with Gasteiger partial charge in [0.1, 0.15) is 0 Å². The number of nitrogens with zero attached hydrogens (tertiary/aromatic N) is 2. The molecule has 0 spiro atoms. The van der Waals surface area contributed by atoms with E-state index in [1.54, 1.807) is 0 Å². The second-order valence-electron chi connectivity index (χ2n) is 11.8. The van der Waals surface area contributed by atoms with Crippen molar-refractivity contribution in [3.8, 4) is 33.6 Å². The monoisotopic (exact) mass is 587 g/mol. The third-order valence-electron chi connectivity index (χ3n) is 9.19. The fourth-order valence-electron chi connectivity index (χ4n) is 7.01. The van der Waals surface area contributed by atoms with Gasteiger partial charge in [0.25, 0.3) is 0 Å². The zero-order chi connectivity index (χ0) is 30.6. The van der Waals surface area contributed by atoms with Crippen molar-refractivity contribution in [1.82, 2.24) is 9.13 Å². The van der Waals surface area contributed by atoms with Crippen LogP contribution in [0.4, 0.5) is 0 Å². The van der Waals surface area contributed by atoms with E-state index in [1.165, 1.54) is 54.8 Å². The minimum atomic E-state index is 0.784. The number of fused-ring (bicyclic) bond motifs is 6. The van der Waals surface area contributed by atoms with Crippen LogP contribution in [0.3, 0.4) is 0 Å². The lowest BCUT2D eigenvalue weighted by atomic mass is 9.89. The third-order valence-corrected chi connectivity index (χ3v) is 9.19. The highest BCUT2D eigenvalue weighted by molar-refractivity contribution is 6.45. The summed E-state index contributed by atoms with van der Waals surface area (Å²) in [4.78, 5) is 0. The summed E-state index contributed by atoms with van der Waals surface area (Å²) < 4.78 is 4.68. The normalized spacial score (nSPS) is 11.6.